The van der Waals surface area contributed by atoms with Crippen LogP contribution in [0, 0.1) is 0 Å². The highest BCUT2D eigenvalue weighted by Crippen LogP contribution is 2.30. The van der Waals surface area contributed by atoms with E-state index in [1.165, 1.54) is 18.3 Å². The largest absolute Gasteiger partial charge is 0.416 e. The van der Waals surface area contributed by atoms with E-state index in [-0.39, 0.29) is 11.4 Å². The molecule has 2 aromatic rings. The number of hydrogen-bond donors (Lipinski definition) is 2. The summed E-state index contributed by atoms with van der Waals surface area (Å²) in [7, 11) is 1.81. The van der Waals surface area contributed by atoms with Crippen molar-refractivity contribution < 1.29 is 18.0 Å². The number of hydrogen-bond acceptors (Lipinski definition) is 4. The molecule has 2 N–H and O–H groups in total. The van der Waals surface area contributed by atoms with Gasteiger partial charge in [0.15, 0.2) is 5.69 Å². The van der Waals surface area contributed by atoms with Crippen molar-refractivity contribution in [3.8, 4) is 5.69 Å². The fourth-order valence-corrected chi connectivity index (χ4v) is 1.88. The third-order valence-corrected chi connectivity index (χ3v) is 3.05. The number of halogens is 3. The Kier molecular flexibility index (Phi) is 5.32. The lowest BCUT2D eigenvalue weighted by Gasteiger charge is -2.08. The van der Waals surface area contributed by atoms with Gasteiger partial charge in [0.1, 0.15) is 0 Å². The zero-order valence-electron chi connectivity index (χ0n) is 12.4. The summed E-state index contributed by atoms with van der Waals surface area (Å²) in [5, 5.41) is 13.0. The molecule has 0 bridgehead atoms. The van der Waals surface area contributed by atoms with Crippen molar-refractivity contribution in [1.82, 2.24) is 25.6 Å². The highest BCUT2D eigenvalue weighted by Gasteiger charge is 2.30. The van der Waals surface area contributed by atoms with Crippen LogP contribution in [-0.4, -0.2) is 41.0 Å². The summed E-state index contributed by atoms with van der Waals surface area (Å²) < 4.78 is 39.3. The Morgan fingerprint density at radius 3 is 2.78 bits per heavy atom. The lowest BCUT2D eigenvalue weighted by Crippen LogP contribution is -2.26. The molecule has 0 fully saturated rings. The molecule has 0 spiro atoms. The van der Waals surface area contributed by atoms with E-state index < -0.39 is 17.6 Å². The van der Waals surface area contributed by atoms with Gasteiger partial charge in [-0.05, 0) is 38.2 Å². The van der Waals surface area contributed by atoms with E-state index in [0.29, 0.717) is 6.54 Å². The first-order valence-electron chi connectivity index (χ1n) is 6.94. The maximum absolute atomic E-state index is 12.7. The molecule has 0 aliphatic rings. The Morgan fingerprint density at radius 1 is 1.30 bits per heavy atom. The lowest BCUT2D eigenvalue weighted by atomic mass is 10.2. The minimum Gasteiger partial charge on any atom is -0.351 e. The molecule has 0 atom stereocenters. The molecule has 2 rings (SSSR count). The third-order valence-electron chi connectivity index (χ3n) is 3.05. The van der Waals surface area contributed by atoms with Crippen molar-refractivity contribution in [1.29, 1.82) is 0 Å². The Labute approximate surface area is 130 Å². The first-order valence-corrected chi connectivity index (χ1v) is 6.94. The fraction of sp³-hybridized carbons (Fsp3) is 0.357. The first-order chi connectivity index (χ1) is 10.9. The molecule has 124 valence electrons. The number of carbonyl (C=O) groups excluding carboxylic acids is 1. The van der Waals surface area contributed by atoms with E-state index in [9.17, 15) is 18.0 Å². The van der Waals surface area contributed by atoms with E-state index in [1.54, 1.807) is 0 Å². The van der Waals surface area contributed by atoms with Crippen molar-refractivity contribution in [3.05, 3.63) is 41.7 Å². The van der Waals surface area contributed by atoms with Gasteiger partial charge in [0.2, 0.25) is 0 Å². The summed E-state index contributed by atoms with van der Waals surface area (Å²) in [6.45, 7) is 1.23. The van der Waals surface area contributed by atoms with Crippen LogP contribution in [0.3, 0.4) is 0 Å². The molecule has 1 aromatic heterocycles. The van der Waals surface area contributed by atoms with Gasteiger partial charge in [-0.2, -0.15) is 13.2 Å². The van der Waals surface area contributed by atoms with E-state index in [4.69, 9.17) is 0 Å². The number of nitrogens with zero attached hydrogens (tertiary/aromatic N) is 3. The molecular formula is C14H16F3N5O. The van der Waals surface area contributed by atoms with Crippen molar-refractivity contribution in [2.45, 2.75) is 12.6 Å². The molecule has 1 heterocycles. The number of alkyl halides is 3. The molecule has 0 saturated carbocycles. The van der Waals surface area contributed by atoms with Crippen molar-refractivity contribution in [3.63, 3.8) is 0 Å². The molecule has 9 heteroatoms. The molecular weight excluding hydrogens is 311 g/mol. The Morgan fingerprint density at radius 2 is 2.09 bits per heavy atom. The van der Waals surface area contributed by atoms with Gasteiger partial charge < -0.3 is 10.6 Å². The van der Waals surface area contributed by atoms with Crippen LogP contribution in [0.1, 0.15) is 22.5 Å². The average Bonchev–Trinajstić information content (AvgIpc) is 3.01. The fourth-order valence-electron chi connectivity index (χ4n) is 1.88. The highest BCUT2D eigenvalue weighted by molar-refractivity contribution is 5.91. The monoisotopic (exact) mass is 327 g/mol. The summed E-state index contributed by atoms with van der Waals surface area (Å²) in [6, 6.07) is 4.65. The smallest absolute Gasteiger partial charge is 0.351 e. The predicted molar refractivity (Wildman–Crippen MR) is 77.2 cm³/mol. The highest BCUT2D eigenvalue weighted by atomic mass is 19.4. The predicted octanol–water partition coefficient (Wildman–Crippen LogP) is 1.63. The summed E-state index contributed by atoms with van der Waals surface area (Å²) in [5.41, 5.74) is -0.558. The van der Waals surface area contributed by atoms with Gasteiger partial charge in [-0.3, -0.25) is 4.79 Å². The van der Waals surface area contributed by atoms with Gasteiger partial charge >= 0.3 is 6.18 Å². The van der Waals surface area contributed by atoms with E-state index >= 15 is 0 Å². The second kappa shape index (κ2) is 7.23. The first kappa shape index (κ1) is 16.9. The van der Waals surface area contributed by atoms with Crippen LogP contribution in [0.5, 0.6) is 0 Å². The molecule has 0 aliphatic heterocycles. The van der Waals surface area contributed by atoms with Crippen LogP contribution < -0.4 is 10.6 Å². The number of nitrogens with one attached hydrogen (secondary N) is 2. The summed E-state index contributed by atoms with van der Waals surface area (Å²) in [6.07, 6.45) is -2.39. The van der Waals surface area contributed by atoms with Crippen LogP contribution in [-0.2, 0) is 6.18 Å². The summed E-state index contributed by atoms with van der Waals surface area (Å²) in [4.78, 5) is 11.9. The summed E-state index contributed by atoms with van der Waals surface area (Å²) in [5.74, 6) is -0.417. The molecule has 0 aliphatic carbocycles. The molecule has 6 nitrogen and oxygen atoms in total. The van der Waals surface area contributed by atoms with Gasteiger partial charge in [0, 0.05) is 6.54 Å². The van der Waals surface area contributed by atoms with Crippen molar-refractivity contribution in [2.75, 3.05) is 20.1 Å². The van der Waals surface area contributed by atoms with E-state index in [1.807, 2.05) is 7.05 Å². The van der Waals surface area contributed by atoms with Gasteiger partial charge in [-0.1, -0.05) is 11.3 Å². The van der Waals surface area contributed by atoms with Crippen molar-refractivity contribution in [2.24, 2.45) is 0 Å². The normalized spacial score (nSPS) is 11.5. The standard InChI is InChI=1S/C14H16F3N5O/c1-18-6-3-7-19-13(23)12-9-22(21-20-12)11-5-2-4-10(8-11)14(15,16)17/h2,4-5,8-9,18H,3,6-7H2,1H3,(H,19,23). The van der Waals surface area contributed by atoms with E-state index in [2.05, 4.69) is 20.9 Å². The van der Waals surface area contributed by atoms with Crippen LogP contribution in [0.25, 0.3) is 5.69 Å². The minimum atomic E-state index is -4.44. The molecule has 0 saturated heterocycles. The second-order valence-electron chi connectivity index (χ2n) is 4.81. The Hall–Kier alpha value is -2.42. The Balaban J connectivity index is 2.09. The second-order valence-corrected chi connectivity index (χ2v) is 4.81. The molecule has 23 heavy (non-hydrogen) atoms. The van der Waals surface area contributed by atoms with Crippen LogP contribution >= 0.6 is 0 Å². The van der Waals surface area contributed by atoms with Gasteiger partial charge in [0.25, 0.3) is 5.91 Å². The van der Waals surface area contributed by atoms with Crippen LogP contribution in [0.15, 0.2) is 30.5 Å². The molecule has 1 amide bonds. The number of aromatic nitrogens is 3. The maximum atomic E-state index is 12.7. The van der Waals surface area contributed by atoms with Crippen molar-refractivity contribution >= 4 is 5.91 Å². The zero-order chi connectivity index (χ0) is 16.9. The van der Waals surface area contributed by atoms with E-state index in [0.717, 1.165) is 29.8 Å². The topological polar surface area (TPSA) is 71.8 Å². The summed E-state index contributed by atoms with van der Waals surface area (Å²) >= 11 is 0. The number of amides is 1. The lowest BCUT2D eigenvalue weighted by molar-refractivity contribution is -0.137. The van der Waals surface area contributed by atoms with Gasteiger partial charge in [0.05, 0.1) is 17.4 Å². The maximum Gasteiger partial charge on any atom is 0.416 e. The van der Waals surface area contributed by atoms with Gasteiger partial charge in [-0.15, -0.1) is 5.10 Å². The number of benzene rings is 1. The van der Waals surface area contributed by atoms with Crippen LogP contribution in [0.2, 0.25) is 0 Å². The SMILES string of the molecule is CNCCCNC(=O)c1cn(-c2cccc(C(F)(F)F)c2)nn1. The zero-order valence-corrected chi connectivity index (χ0v) is 12.4. The number of carbonyl (C=O) groups is 1. The molecule has 0 unspecified atom stereocenters. The third kappa shape index (κ3) is 4.52. The number of rotatable bonds is 6. The molecule has 0 radical (unpaired) electrons. The Bertz CT molecular complexity index is 668. The molecule has 1 aromatic carbocycles. The average molecular weight is 327 g/mol. The van der Waals surface area contributed by atoms with Crippen LogP contribution in [0.4, 0.5) is 13.2 Å². The van der Waals surface area contributed by atoms with Gasteiger partial charge in [-0.25, -0.2) is 4.68 Å². The quantitative estimate of drug-likeness (QED) is 0.791. The minimum absolute atomic E-state index is 0.0480.